The van der Waals surface area contributed by atoms with Gasteiger partial charge in [0.05, 0.1) is 0 Å². The van der Waals surface area contributed by atoms with Gasteiger partial charge in [-0.05, 0) is 44.1 Å². The quantitative estimate of drug-likeness (QED) is 0.642. The second kappa shape index (κ2) is 9.33. The van der Waals surface area contributed by atoms with Crippen molar-refractivity contribution in [3.05, 3.63) is 12.3 Å². The highest BCUT2D eigenvalue weighted by Gasteiger charge is 2.21. The van der Waals surface area contributed by atoms with Crippen molar-refractivity contribution in [1.82, 2.24) is 15.3 Å². The van der Waals surface area contributed by atoms with Crippen molar-refractivity contribution in [2.24, 2.45) is 5.92 Å². The van der Waals surface area contributed by atoms with Crippen molar-refractivity contribution in [1.29, 1.82) is 0 Å². The molecule has 0 atom stereocenters. The summed E-state index contributed by atoms with van der Waals surface area (Å²) in [7, 11) is 0. The number of aromatic nitrogens is 2. The van der Waals surface area contributed by atoms with E-state index in [1.807, 2.05) is 6.07 Å². The van der Waals surface area contributed by atoms with Gasteiger partial charge in [0.15, 0.2) is 0 Å². The Morgan fingerprint density at radius 3 is 2.74 bits per heavy atom. The first kappa shape index (κ1) is 17.5. The number of unbranched alkanes of at least 4 members (excludes halogenated alkanes) is 1. The number of carbonyl (C=O) groups is 1. The first-order chi connectivity index (χ1) is 11.2. The molecule has 0 saturated heterocycles. The summed E-state index contributed by atoms with van der Waals surface area (Å²) in [6.45, 7) is 5.60. The normalized spacial score (nSPS) is 20.8. The molecule has 1 aromatic rings. The molecule has 6 heteroatoms. The Bertz CT molecular complexity index is 486. The molecule has 0 bridgehead atoms. The van der Waals surface area contributed by atoms with Gasteiger partial charge >= 0.3 is 0 Å². The van der Waals surface area contributed by atoms with Crippen molar-refractivity contribution >= 4 is 17.7 Å². The highest BCUT2D eigenvalue weighted by atomic mass is 16.1. The van der Waals surface area contributed by atoms with E-state index in [-0.39, 0.29) is 5.91 Å². The van der Waals surface area contributed by atoms with Crippen LogP contribution in [-0.2, 0) is 4.79 Å². The lowest BCUT2D eigenvalue weighted by Gasteiger charge is -2.29. The molecule has 0 radical (unpaired) electrons. The Morgan fingerprint density at radius 2 is 2.04 bits per heavy atom. The van der Waals surface area contributed by atoms with Crippen molar-refractivity contribution < 1.29 is 4.79 Å². The van der Waals surface area contributed by atoms with Gasteiger partial charge in [-0.25, -0.2) is 4.98 Å². The Hall–Kier alpha value is -1.85. The fraction of sp³-hybridized carbons (Fsp3) is 0.706. The maximum absolute atomic E-state index is 11.1. The SMILES string of the molecule is CCCCNc1nccc(NCC2CCC(NC(C)=O)CC2)n1. The van der Waals surface area contributed by atoms with E-state index >= 15 is 0 Å². The van der Waals surface area contributed by atoms with Crippen LogP contribution in [0.25, 0.3) is 0 Å². The summed E-state index contributed by atoms with van der Waals surface area (Å²) in [5, 5.41) is 9.69. The molecular formula is C17H29N5O. The van der Waals surface area contributed by atoms with Gasteiger partial charge in [0, 0.05) is 32.3 Å². The lowest BCUT2D eigenvalue weighted by molar-refractivity contribution is -0.119. The third kappa shape index (κ3) is 6.42. The van der Waals surface area contributed by atoms with Gasteiger partial charge in [0.2, 0.25) is 11.9 Å². The molecule has 0 spiro atoms. The molecule has 6 nitrogen and oxygen atoms in total. The number of anilines is 2. The van der Waals surface area contributed by atoms with Crippen LogP contribution in [0.2, 0.25) is 0 Å². The fourth-order valence-corrected chi connectivity index (χ4v) is 2.97. The first-order valence-electron chi connectivity index (χ1n) is 8.75. The molecule has 1 saturated carbocycles. The van der Waals surface area contributed by atoms with Crippen LogP contribution in [0.4, 0.5) is 11.8 Å². The summed E-state index contributed by atoms with van der Waals surface area (Å²) in [6, 6.07) is 2.27. The molecule has 0 aromatic carbocycles. The molecule has 1 fully saturated rings. The molecule has 0 unspecified atom stereocenters. The predicted molar refractivity (Wildman–Crippen MR) is 93.5 cm³/mol. The maximum Gasteiger partial charge on any atom is 0.224 e. The average Bonchev–Trinajstić information content (AvgIpc) is 2.54. The van der Waals surface area contributed by atoms with Crippen LogP contribution in [0, 0.1) is 5.92 Å². The van der Waals surface area contributed by atoms with Crippen LogP contribution in [-0.4, -0.2) is 35.0 Å². The van der Waals surface area contributed by atoms with Gasteiger partial charge in [-0.15, -0.1) is 0 Å². The molecule has 1 amide bonds. The molecule has 1 aliphatic carbocycles. The van der Waals surface area contributed by atoms with Crippen molar-refractivity contribution in [3.8, 4) is 0 Å². The number of hydrogen-bond donors (Lipinski definition) is 3. The standard InChI is InChI=1S/C17H29N5O/c1-3-4-10-18-17-19-11-9-16(22-17)20-12-14-5-7-15(8-6-14)21-13(2)23/h9,11,14-15H,3-8,10,12H2,1-2H3,(H,21,23)(H2,18,19,20,22). The second-order valence-corrected chi connectivity index (χ2v) is 6.34. The van der Waals surface area contributed by atoms with E-state index in [0.29, 0.717) is 17.9 Å². The van der Waals surface area contributed by atoms with Crippen LogP contribution in [0.15, 0.2) is 12.3 Å². The zero-order valence-electron chi connectivity index (χ0n) is 14.3. The summed E-state index contributed by atoms with van der Waals surface area (Å²) in [5.41, 5.74) is 0. The number of nitrogens with one attached hydrogen (secondary N) is 3. The summed E-state index contributed by atoms with van der Waals surface area (Å²) in [4.78, 5) is 19.8. The van der Waals surface area contributed by atoms with Gasteiger partial charge in [-0.2, -0.15) is 4.98 Å². The summed E-state index contributed by atoms with van der Waals surface area (Å²) in [6.07, 6.45) is 8.50. The monoisotopic (exact) mass is 319 g/mol. The third-order valence-corrected chi connectivity index (χ3v) is 4.30. The van der Waals surface area contributed by atoms with Gasteiger partial charge in [-0.3, -0.25) is 4.79 Å². The molecule has 128 valence electrons. The minimum atomic E-state index is 0.0793. The third-order valence-electron chi connectivity index (χ3n) is 4.30. The van der Waals surface area contributed by atoms with E-state index in [2.05, 4.69) is 32.8 Å². The molecular weight excluding hydrogens is 290 g/mol. The van der Waals surface area contributed by atoms with Gasteiger partial charge in [0.1, 0.15) is 5.82 Å². The average molecular weight is 319 g/mol. The molecule has 1 aromatic heterocycles. The van der Waals surface area contributed by atoms with Crippen LogP contribution in [0.5, 0.6) is 0 Å². The van der Waals surface area contributed by atoms with Crippen LogP contribution in [0.3, 0.4) is 0 Å². The van der Waals surface area contributed by atoms with E-state index in [0.717, 1.165) is 57.4 Å². The summed E-state index contributed by atoms with van der Waals surface area (Å²) >= 11 is 0. The minimum absolute atomic E-state index is 0.0793. The summed E-state index contributed by atoms with van der Waals surface area (Å²) in [5.74, 6) is 2.29. The number of rotatable bonds is 8. The van der Waals surface area contributed by atoms with Gasteiger partial charge < -0.3 is 16.0 Å². The molecule has 1 aliphatic rings. The minimum Gasteiger partial charge on any atom is -0.370 e. The van der Waals surface area contributed by atoms with Crippen molar-refractivity contribution in [3.63, 3.8) is 0 Å². The van der Waals surface area contributed by atoms with Crippen molar-refractivity contribution in [2.75, 3.05) is 23.7 Å². The second-order valence-electron chi connectivity index (χ2n) is 6.34. The van der Waals surface area contributed by atoms with Crippen LogP contribution >= 0.6 is 0 Å². The van der Waals surface area contributed by atoms with Crippen LogP contribution < -0.4 is 16.0 Å². The molecule has 0 aliphatic heterocycles. The Balaban J connectivity index is 1.72. The molecule has 2 rings (SSSR count). The van der Waals surface area contributed by atoms with E-state index in [1.165, 1.54) is 0 Å². The topological polar surface area (TPSA) is 78.9 Å². The molecule has 23 heavy (non-hydrogen) atoms. The Kier molecular flexibility index (Phi) is 7.10. The van der Waals surface area contributed by atoms with E-state index in [4.69, 9.17) is 0 Å². The van der Waals surface area contributed by atoms with E-state index in [1.54, 1.807) is 13.1 Å². The lowest BCUT2D eigenvalue weighted by Crippen LogP contribution is -2.37. The lowest BCUT2D eigenvalue weighted by atomic mass is 9.86. The predicted octanol–water partition coefficient (Wildman–Crippen LogP) is 2.80. The number of carbonyl (C=O) groups excluding carboxylic acids is 1. The highest BCUT2D eigenvalue weighted by Crippen LogP contribution is 2.24. The largest absolute Gasteiger partial charge is 0.370 e. The number of amides is 1. The summed E-state index contributed by atoms with van der Waals surface area (Å²) < 4.78 is 0. The van der Waals surface area contributed by atoms with Crippen molar-refractivity contribution in [2.45, 2.75) is 58.4 Å². The zero-order chi connectivity index (χ0) is 16.5. The zero-order valence-corrected chi connectivity index (χ0v) is 14.3. The molecule has 1 heterocycles. The highest BCUT2D eigenvalue weighted by molar-refractivity contribution is 5.73. The Morgan fingerprint density at radius 1 is 1.26 bits per heavy atom. The Labute approximate surface area is 138 Å². The smallest absolute Gasteiger partial charge is 0.224 e. The van der Waals surface area contributed by atoms with E-state index < -0.39 is 0 Å². The maximum atomic E-state index is 11.1. The van der Waals surface area contributed by atoms with E-state index in [9.17, 15) is 4.79 Å². The number of hydrogen-bond acceptors (Lipinski definition) is 5. The molecule has 3 N–H and O–H groups in total. The van der Waals surface area contributed by atoms with Gasteiger partial charge in [-0.1, -0.05) is 13.3 Å². The fourth-order valence-electron chi connectivity index (χ4n) is 2.97. The first-order valence-corrected chi connectivity index (χ1v) is 8.75. The van der Waals surface area contributed by atoms with Gasteiger partial charge in [0.25, 0.3) is 0 Å². The van der Waals surface area contributed by atoms with Crippen LogP contribution in [0.1, 0.15) is 52.4 Å². The number of nitrogens with zero attached hydrogens (tertiary/aromatic N) is 2.